The zero-order chi connectivity index (χ0) is 30.1. The van der Waals surface area contributed by atoms with Gasteiger partial charge in [0.05, 0.1) is 19.5 Å². The van der Waals surface area contributed by atoms with Gasteiger partial charge in [0.25, 0.3) is 11.8 Å². The highest BCUT2D eigenvalue weighted by molar-refractivity contribution is 8.00. The first-order valence-electron chi connectivity index (χ1n) is 12.8. The summed E-state index contributed by atoms with van der Waals surface area (Å²) < 4.78 is 10.9. The molecule has 1 heterocycles. The third-order valence-corrected chi connectivity index (χ3v) is 7.64. The topological polar surface area (TPSA) is 132 Å². The third kappa shape index (κ3) is 7.95. The number of carbonyl (C=O) groups excluding carboxylic acids is 3. The van der Waals surface area contributed by atoms with Gasteiger partial charge in [0.1, 0.15) is 10.7 Å². The number of rotatable bonds is 11. The number of thioether (sulfide) groups is 1. The number of aromatic nitrogens is 2. The number of ether oxygens (including phenoxy) is 2. The summed E-state index contributed by atoms with van der Waals surface area (Å²) in [5, 5.41) is 16.9. The molecule has 1 unspecified atom stereocenters. The van der Waals surface area contributed by atoms with Crippen molar-refractivity contribution in [3.8, 4) is 11.5 Å². The molecular formula is C30H29N5O5S2. The maximum absolute atomic E-state index is 13.5. The van der Waals surface area contributed by atoms with Crippen LogP contribution < -0.4 is 25.4 Å². The average molecular weight is 604 g/mol. The molecule has 0 aliphatic heterocycles. The first-order valence-corrected chi connectivity index (χ1v) is 14.4. The lowest BCUT2D eigenvalue weighted by atomic mass is 10.1. The average Bonchev–Trinajstić information content (AvgIpc) is 3.41. The molecule has 12 heteroatoms. The summed E-state index contributed by atoms with van der Waals surface area (Å²) >= 11 is 2.62. The van der Waals surface area contributed by atoms with Crippen LogP contribution in [-0.4, -0.2) is 47.4 Å². The zero-order valence-electron chi connectivity index (χ0n) is 23.3. The first-order chi connectivity index (χ1) is 20.3. The van der Waals surface area contributed by atoms with Gasteiger partial charge in [-0.1, -0.05) is 47.7 Å². The number of amides is 3. The highest BCUT2D eigenvalue weighted by atomic mass is 32.2. The van der Waals surface area contributed by atoms with Crippen LogP contribution in [0.1, 0.15) is 27.9 Å². The SMILES string of the molecule is COc1cccc(/C=C(/NC(=O)c2ccccc2)C(=O)Nc2cccc(SC(C)C(=O)Nc3nnc(C)s3)c2)c1OC. The molecule has 1 aromatic heterocycles. The van der Waals surface area contributed by atoms with E-state index in [1.165, 1.54) is 43.4 Å². The van der Waals surface area contributed by atoms with Gasteiger partial charge < -0.3 is 20.1 Å². The van der Waals surface area contributed by atoms with Crippen LogP contribution in [0.15, 0.2) is 83.4 Å². The van der Waals surface area contributed by atoms with Crippen molar-refractivity contribution in [2.45, 2.75) is 24.0 Å². The van der Waals surface area contributed by atoms with Gasteiger partial charge >= 0.3 is 0 Å². The Morgan fingerprint density at radius 3 is 2.38 bits per heavy atom. The summed E-state index contributed by atoms with van der Waals surface area (Å²) in [7, 11) is 3.01. The molecule has 4 aromatic rings. The van der Waals surface area contributed by atoms with Crippen molar-refractivity contribution in [2.24, 2.45) is 0 Å². The first kappa shape index (κ1) is 30.3. The molecule has 0 aliphatic carbocycles. The van der Waals surface area contributed by atoms with Crippen molar-refractivity contribution in [1.29, 1.82) is 0 Å². The van der Waals surface area contributed by atoms with Gasteiger partial charge in [0.2, 0.25) is 11.0 Å². The van der Waals surface area contributed by atoms with E-state index in [1.807, 2.05) is 13.0 Å². The van der Waals surface area contributed by atoms with Crippen LogP contribution in [-0.2, 0) is 9.59 Å². The Kier molecular flexibility index (Phi) is 10.3. The fraction of sp³-hybridized carbons (Fsp3) is 0.167. The summed E-state index contributed by atoms with van der Waals surface area (Å²) in [6, 6.07) is 20.9. The molecular weight excluding hydrogens is 574 g/mol. The smallest absolute Gasteiger partial charge is 0.272 e. The second kappa shape index (κ2) is 14.3. The molecule has 0 fully saturated rings. The molecule has 4 rings (SSSR count). The molecule has 0 bridgehead atoms. The van der Waals surface area contributed by atoms with Crippen LogP contribution in [0.4, 0.5) is 10.8 Å². The molecule has 0 saturated carbocycles. The van der Waals surface area contributed by atoms with Crippen LogP contribution in [0.3, 0.4) is 0 Å². The van der Waals surface area contributed by atoms with Crippen molar-refractivity contribution in [2.75, 3.05) is 24.9 Å². The van der Waals surface area contributed by atoms with E-state index in [0.717, 1.165) is 9.90 Å². The predicted octanol–water partition coefficient (Wildman–Crippen LogP) is 5.39. The summed E-state index contributed by atoms with van der Waals surface area (Å²) in [5.74, 6) is -0.331. The van der Waals surface area contributed by atoms with Gasteiger partial charge in [-0.2, -0.15) is 0 Å². The van der Waals surface area contributed by atoms with Gasteiger partial charge in [0.15, 0.2) is 11.5 Å². The van der Waals surface area contributed by atoms with Gasteiger partial charge in [0, 0.05) is 21.7 Å². The van der Waals surface area contributed by atoms with Crippen molar-refractivity contribution in [3.05, 3.63) is 94.6 Å². The minimum atomic E-state index is -0.552. The second-order valence-corrected chi connectivity index (χ2v) is 11.4. The van der Waals surface area contributed by atoms with Crippen molar-refractivity contribution < 1.29 is 23.9 Å². The summed E-state index contributed by atoms with van der Waals surface area (Å²) in [5.41, 5.74) is 1.40. The lowest BCUT2D eigenvalue weighted by Gasteiger charge is -2.15. The van der Waals surface area contributed by atoms with Gasteiger partial charge in [-0.15, -0.1) is 22.0 Å². The Bertz CT molecular complexity index is 1610. The quantitative estimate of drug-likeness (QED) is 0.154. The number of para-hydroxylation sites is 1. The Morgan fingerprint density at radius 2 is 1.69 bits per heavy atom. The second-order valence-electron chi connectivity index (χ2n) is 8.82. The molecule has 0 saturated heterocycles. The number of aryl methyl sites for hydroxylation is 1. The van der Waals surface area contributed by atoms with Gasteiger partial charge in [-0.25, -0.2) is 0 Å². The molecule has 0 spiro atoms. The number of benzene rings is 3. The maximum Gasteiger partial charge on any atom is 0.272 e. The van der Waals surface area contributed by atoms with E-state index in [-0.39, 0.29) is 11.6 Å². The lowest BCUT2D eigenvalue weighted by molar-refractivity contribution is -0.115. The number of anilines is 2. The van der Waals surface area contributed by atoms with Crippen LogP contribution in [0, 0.1) is 6.92 Å². The summed E-state index contributed by atoms with van der Waals surface area (Å²) in [4.78, 5) is 40.0. The predicted molar refractivity (Wildman–Crippen MR) is 165 cm³/mol. The minimum absolute atomic E-state index is 0.00596. The van der Waals surface area contributed by atoms with Crippen molar-refractivity contribution in [1.82, 2.24) is 15.5 Å². The zero-order valence-corrected chi connectivity index (χ0v) is 25.0. The largest absolute Gasteiger partial charge is 0.493 e. The molecule has 216 valence electrons. The monoisotopic (exact) mass is 603 g/mol. The summed E-state index contributed by atoms with van der Waals surface area (Å²) in [6.07, 6.45) is 1.53. The number of nitrogens with one attached hydrogen (secondary N) is 3. The Balaban J connectivity index is 1.55. The number of hydrogen-bond acceptors (Lipinski definition) is 9. The number of carbonyl (C=O) groups is 3. The van der Waals surface area contributed by atoms with Crippen LogP contribution in [0.5, 0.6) is 11.5 Å². The molecule has 3 N–H and O–H groups in total. The molecule has 0 radical (unpaired) electrons. The Labute approximate surface area is 251 Å². The molecule has 3 aromatic carbocycles. The van der Waals surface area contributed by atoms with Crippen molar-refractivity contribution in [3.63, 3.8) is 0 Å². The van der Waals surface area contributed by atoms with Gasteiger partial charge in [-0.3, -0.25) is 19.7 Å². The third-order valence-electron chi connectivity index (χ3n) is 5.79. The molecule has 10 nitrogen and oxygen atoms in total. The van der Waals surface area contributed by atoms with E-state index in [4.69, 9.17) is 9.47 Å². The maximum atomic E-state index is 13.5. The van der Waals surface area contributed by atoms with E-state index in [0.29, 0.717) is 33.4 Å². The van der Waals surface area contributed by atoms with E-state index < -0.39 is 17.1 Å². The van der Waals surface area contributed by atoms with Gasteiger partial charge in [-0.05, 0) is 56.3 Å². The normalized spacial score (nSPS) is 11.8. The van der Waals surface area contributed by atoms with E-state index >= 15 is 0 Å². The number of hydrogen-bond donors (Lipinski definition) is 3. The standard InChI is InChI=1S/C30H29N5O5S2/c1-18(27(36)33-30-35-34-19(2)42-30)41-23-14-9-13-22(17-23)31-29(38)24(32-28(37)20-10-6-5-7-11-20)16-21-12-8-15-25(39-3)26(21)40-4/h5-18H,1-4H3,(H,31,38)(H,32,37)(H,33,35,36)/b24-16+. The van der Waals surface area contributed by atoms with Crippen LogP contribution in [0.2, 0.25) is 0 Å². The summed E-state index contributed by atoms with van der Waals surface area (Å²) in [6.45, 7) is 3.59. The molecule has 0 aliphatic rings. The van der Waals surface area contributed by atoms with Crippen LogP contribution >= 0.6 is 23.1 Å². The van der Waals surface area contributed by atoms with Crippen molar-refractivity contribution >= 4 is 57.7 Å². The number of methoxy groups -OCH3 is 2. The Hall–Kier alpha value is -4.68. The van der Waals surface area contributed by atoms with E-state index in [9.17, 15) is 14.4 Å². The van der Waals surface area contributed by atoms with E-state index in [2.05, 4.69) is 26.1 Å². The Morgan fingerprint density at radius 1 is 0.929 bits per heavy atom. The fourth-order valence-electron chi connectivity index (χ4n) is 3.78. The molecule has 42 heavy (non-hydrogen) atoms. The highest BCUT2D eigenvalue weighted by Gasteiger charge is 2.19. The number of nitrogens with zero attached hydrogens (tertiary/aromatic N) is 2. The highest BCUT2D eigenvalue weighted by Crippen LogP contribution is 2.32. The molecule has 3 amide bonds. The van der Waals surface area contributed by atoms with Crippen LogP contribution in [0.25, 0.3) is 6.08 Å². The fourth-order valence-corrected chi connectivity index (χ4v) is 5.30. The van der Waals surface area contributed by atoms with E-state index in [1.54, 1.807) is 73.7 Å². The molecule has 1 atom stereocenters. The minimum Gasteiger partial charge on any atom is -0.493 e. The lowest BCUT2D eigenvalue weighted by Crippen LogP contribution is -2.30.